The first-order valence-corrected chi connectivity index (χ1v) is 6.04. The van der Waals surface area contributed by atoms with Crippen LogP contribution in [0.5, 0.6) is 0 Å². The number of rotatable bonds is 5. The lowest BCUT2D eigenvalue weighted by atomic mass is 10.2. The van der Waals surface area contributed by atoms with Gasteiger partial charge in [0.15, 0.2) is 0 Å². The van der Waals surface area contributed by atoms with Crippen LogP contribution in [0.1, 0.15) is 5.56 Å². The average molecular weight is 248 g/mol. The molecule has 0 spiro atoms. The lowest BCUT2D eigenvalue weighted by Crippen LogP contribution is -2.25. The molecule has 0 atom stereocenters. The monoisotopic (exact) mass is 247 g/mol. The molecule has 4 heteroatoms. The van der Waals surface area contributed by atoms with Crippen LogP contribution in [0.4, 0.5) is 5.82 Å². The highest BCUT2D eigenvalue weighted by atomic mass is 35.5. The van der Waals surface area contributed by atoms with Crippen molar-refractivity contribution >= 4 is 17.4 Å². The van der Waals surface area contributed by atoms with E-state index in [2.05, 4.69) is 27.0 Å². The Morgan fingerprint density at radius 2 is 1.94 bits per heavy atom. The lowest BCUT2D eigenvalue weighted by Gasteiger charge is -2.22. The summed E-state index contributed by atoms with van der Waals surface area (Å²) in [5, 5.41) is 0. The Labute approximate surface area is 106 Å². The van der Waals surface area contributed by atoms with Gasteiger partial charge in [-0.15, -0.1) is 11.6 Å². The third-order valence-corrected chi connectivity index (χ3v) is 2.63. The molecule has 2 rings (SSSR count). The van der Waals surface area contributed by atoms with E-state index in [1.54, 1.807) is 12.5 Å². The minimum absolute atomic E-state index is 0.580. The zero-order valence-electron chi connectivity index (χ0n) is 9.46. The van der Waals surface area contributed by atoms with Gasteiger partial charge in [0.2, 0.25) is 0 Å². The van der Waals surface area contributed by atoms with Gasteiger partial charge in [0, 0.05) is 25.2 Å². The molecule has 3 nitrogen and oxygen atoms in total. The quantitative estimate of drug-likeness (QED) is 0.761. The molecule has 1 heterocycles. The van der Waals surface area contributed by atoms with E-state index < -0.39 is 0 Å². The van der Waals surface area contributed by atoms with Crippen LogP contribution < -0.4 is 4.90 Å². The van der Waals surface area contributed by atoms with Gasteiger partial charge in [0.1, 0.15) is 12.1 Å². The van der Waals surface area contributed by atoms with Crippen LogP contribution in [-0.4, -0.2) is 22.4 Å². The van der Waals surface area contributed by atoms with E-state index in [1.165, 1.54) is 5.56 Å². The van der Waals surface area contributed by atoms with Gasteiger partial charge in [-0.2, -0.15) is 0 Å². The predicted octanol–water partition coefficient (Wildman–Crippen LogP) is 2.72. The summed E-state index contributed by atoms with van der Waals surface area (Å²) in [7, 11) is 0. The van der Waals surface area contributed by atoms with Crippen molar-refractivity contribution in [3.8, 4) is 0 Å². The second-order valence-electron chi connectivity index (χ2n) is 3.66. The van der Waals surface area contributed by atoms with Crippen LogP contribution in [0.25, 0.3) is 0 Å². The van der Waals surface area contributed by atoms with Crippen molar-refractivity contribution in [3.63, 3.8) is 0 Å². The summed E-state index contributed by atoms with van der Waals surface area (Å²) in [5.74, 6) is 1.49. The van der Waals surface area contributed by atoms with Gasteiger partial charge in [0.25, 0.3) is 0 Å². The largest absolute Gasteiger partial charge is 0.351 e. The smallest absolute Gasteiger partial charge is 0.132 e. The molecule has 0 bridgehead atoms. The van der Waals surface area contributed by atoms with Crippen LogP contribution in [-0.2, 0) is 6.54 Å². The fourth-order valence-electron chi connectivity index (χ4n) is 1.65. The minimum atomic E-state index is 0.580. The maximum absolute atomic E-state index is 5.83. The van der Waals surface area contributed by atoms with Crippen LogP contribution in [0.15, 0.2) is 48.9 Å². The molecule has 17 heavy (non-hydrogen) atoms. The summed E-state index contributed by atoms with van der Waals surface area (Å²) in [4.78, 5) is 10.3. The first kappa shape index (κ1) is 11.9. The van der Waals surface area contributed by atoms with Crippen molar-refractivity contribution in [2.75, 3.05) is 17.3 Å². The lowest BCUT2D eigenvalue weighted by molar-refractivity contribution is 0.813. The van der Waals surface area contributed by atoms with Crippen molar-refractivity contribution in [1.29, 1.82) is 0 Å². The standard InChI is InChI=1S/C13H14ClN3/c14-7-9-17(13-6-8-15-11-16-13)10-12-4-2-1-3-5-12/h1-6,8,11H,7,9-10H2. The number of anilines is 1. The van der Waals surface area contributed by atoms with Gasteiger partial charge in [-0.25, -0.2) is 9.97 Å². The summed E-state index contributed by atoms with van der Waals surface area (Å²) in [6.07, 6.45) is 3.30. The summed E-state index contributed by atoms with van der Waals surface area (Å²) in [6.45, 7) is 1.58. The Hall–Kier alpha value is -1.61. The van der Waals surface area contributed by atoms with E-state index in [0.717, 1.165) is 18.9 Å². The molecule has 1 aromatic carbocycles. The third-order valence-electron chi connectivity index (χ3n) is 2.46. The van der Waals surface area contributed by atoms with Crippen molar-refractivity contribution in [2.45, 2.75) is 6.54 Å². The van der Waals surface area contributed by atoms with Crippen molar-refractivity contribution in [2.24, 2.45) is 0 Å². The first-order chi connectivity index (χ1) is 8.40. The molecular formula is C13H14ClN3. The van der Waals surface area contributed by atoms with Gasteiger partial charge in [-0.05, 0) is 11.6 Å². The Bertz CT molecular complexity index is 433. The number of aromatic nitrogens is 2. The highest BCUT2D eigenvalue weighted by Crippen LogP contribution is 2.13. The maximum atomic E-state index is 5.83. The second-order valence-corrected chi connectivity index (χ2v) is 4.04. The Balaban J connectivity index is 2.13. The molecule has 0 aliphatic carbocycles. The number of hydrogen-bond donors (Lipinski definition) is 0. The minimum Gasteiger partial charge on any atom is -0.351 e. The molecule has 0 radical (unpaired) electrons. The van der Waals surface area contributed by atoms with E-state index in [4.69, 9.17) is 11.6 Å². The van der Waals surface area contributed by atoms with Gasteiger partial charge in [-0.1, -0.05) is 30.3 Å². The first-order valence-electron chi connectivity index (χ1n) is 5.51. The van der Waals surface area contributed by atoms with E-state index in [-0.39, 0.29) is 0 Å². The molecule has 0 fully saturated rings. The molecule has 0 aliphatic rings. The fourth-order valence-corrected chi connectivity index (χ4v) is 1.86. The molecule has 2 aromatic rings. The summed E-state index contributed by atoms with van der Waals surface area (Å²) in [6, 6.07) is 12.2. The van der Waals surface area contributed by atoms with E-state index in [1.807, 2.05) is 24.3 Å². The Morgan fingerprint density at radius 1 is 1.12 bits per heavy atom. The molecular weight excluding hydrogens is 234 g/mol. The number of halogens is 1. The van der Waals surface area contributed by atoms with Crippen molar-refractivity contribution in [3.05, 3.63) is 54.5 Å². The van der Waals surface area contributed by atoms with Crippen LogP contribution in [0, 0.1) is 0 Å². The number of benzene rings is 1. The van der Waals surface area contributed by atoms with Gasteiger partial charge in [-0.3, -0.25) is 0 Å². The predicted molar refractivity (Wildman–Crippen MR) is 70.2 cm³/mol. The second kappa shape index (κ2) is 6.21. The molecule has 0 saturated carbocycles. The van der Waals surface area contributed by atoms with E-state index in [9.17, 15) is 0 Å². The highest BCUT2D eigenvalue weighted by Gasteiger charge is 2.07. The van der Waals surface area contributed by atoms with Gasteiger partial charge >= 0.3 is 0 Å². The summed E-state index contributed by atoms with van der Waals surface area (Å²) >= 11 is 5.83. The van der Waals surface area contributed by atoms with Crippen molar-refractivity contribution < 1.29 is 0 Å². The van der Waals surface area contributed by atoms with Crippen LogP contribution >= 0.6 is 11.6 Å². The molecule has 0 unspecified atom stereocenters. The number of hydrogen-bond acceptors (Lipinski definition) is 3. The van der Waals surface area contributed by atoms with Crippen LogP contribution in [0.3, 0.4) is 0 Å². The fraction of sp³-hybridized carbons (Fsp3) is 0.231. The molecule has 88 valence electrons. The summed E-state index contributed by atoms with van der Waals surface area (Å²) < 4.78 is 0. The molecule has 0 saturated heterocycles. The molecule has 1 aromatic heterocycles. The zero-order chi connectivity index (χ0) is 11.9. The van der Waals surface area contributed by atoms with Crippen molar-refractivity contribution in [1.82, 2.24) is 9.97 Å². The summed E-state index contributed by atoms with van der Waals surface area (Å²) in [5.41, 5.74) is 1.25. The average Bonchev–Trinajstić information content (AvgIpc) is 2.40. The molecule has 0 N–H and O–H groups in total. The van der Waals surface area contributed by atoms with E-state index in [0.29, 0.717) is 5.88 Å². The van der Waals surface area contributed by atoms with Crippen LogP contribution in [0.2, 0.25) is 0 Å². The number of nitrogens with zero attached hydrogens (tertiary/aromatic N) is 3. The third kappa shape index (κ3) is 3.43. The van der Waals surface area contributed by atoms with E-state index >= 15 is 0 Å². The Kier molecular flexibility index (Phi) is 4.33. The van der Waals surface area contributed by atoms with Gasteiger partial charge in [0.05, 0.1) is 0 Å². The maximum Gasteiger partial charge on any atom is 0.132 e. The highest BCUT2D eigenvalue weighted by molar-refractivity contribution is 6.18. The normalized spacial score (nSPS) is 10.2. The topological polar surface area (TPSA) is 29.0 Å². The molecule has 0 amide bonds. The number of alkyl halides is 1. The Morgan fingerprint density at radius 3 is 2.59 bits per heavy atom. The zero-order valence-corrected chi connectivity index (χ0v) is 10.2. The molecule has 0 aliphatic heterocycles. The SMILES string of the molecule is ClCCN(Cc1ccccc1)c1ccncn1. The van der Waals surface area contributed by atoms with Gasteiger partial charge < -0.3 is 4.90 Å².